The minimum Gasteiger partial charge on any atom is -0.855 e. The minimum absolute atomic E-state index is 0. The van der Waals surface area contributed by atoms with Crippen LogP contribution in [-0.4, -0.2) is 11.7 Å². The molecule has 0 aliphatic rings. The summed E-state index contributed by atoms with van der Waals surface area (Å²) in [6.45, 7) is 1.57. The number of nitrogens with zero attached hydrogens (tertiary/aromatic N) is 1. The number of hydrogen-bond donors (Lipinski definition) is 0. The summed E-state index contributed by atoms with van der Waals surface area (Å²) < 4.78 is 0. The second-order valence-electron chi connectivity index (χ2n) is 0.512. The van der Waals surface area contributed by atoms with Crippen LogP contribution in [0.2, 0.25) is 0 Å². The Bertz CT molecular complexity index is 45.3. The zero-order chi connectivity index (χ0) is 6.28. The first-order chi connectivity index (χ1) is 3.15. The number of rotatable bonds is 0. The molecule has 0 heterocycles. The Morgan fingerprint density at radius 1 is 1.50 bits per heavy atom. The monoisotopic (exact) mass is 247 g/mol. The van der Waals surface area contributed by atoms with Crippen molar-refractivity contribution < 1.29 is 51.9 Å². The first-order valence-electron chi connectivity index (χ1n) is 1.54. The molecule has 0 bridgehead atoms. The zero-order valence-corrected chi connectivity index (χ0v) is 7.43. The van der Waals surface area contributed by atoms with Crippen molar-refractivity contribution in [3.8, 4) is 0 Å². The zero-order valence-electron chi connectivity index (χ0n) is 4.29. The van der Waals surface area contributed by atoms with Crippen molar-refractivity contribution in [1.82, 2.24) is 0 Å². The molecule has 6 heteroatoms. The molecular formula is C2H5CeNO4. The molecule has 5 nitrogen and oxygen atoms in total. The molecular weight excluding hydrogens is 242 g/mol. The van der Waals surface area contributed by atoms with Gasteiger partial charge in [-0.1, -0.05) is 6.92 Å². The summed E-state index contributed by atoms with van der Waals surface area (Å²) in [4.78, 5) is 8.25. The van der Waals surface area contributed by atoms with Gasteiger partial charge in [0.1, 0.15) is 0 Å². The van der Waals surface area contributed by atoms with E-state index in [4.69, 9.17) is 20.4 Å². The Kier molecular flexibility index (Phi) is 30.9. The number of hydrogen-bond acceptors (Lipinski definition) is 4. The van der Waals surface area contributed by atoms with E-state index >= 15 is 0 Å². The Hall–Kier alpha value is 0.537. The third-order valence-corrected chi connectivity index (χ3v) is 0. The fourth-order valence-electron chi connectivity index (χ4n) is 0. The van der Waals surface area contributed by atoms with Gasteiger partial charge in [-0.05, 0) is 0 Å². The van der Waals surface area contributed by atoms with Gasteiger partial charge in [0.25, 0.3) is 0 Å². The Labute approximate surface area is 80.2 Å². The Morgan fingerprint density at radius 3 is 1.50 bits per heavy atom. The van der Waals surface area contributed by atoms with Crippen LogP contribution in [0.3, 0.4) is 0 Å². The van der Waals surface area contributed by atoms with Gasteiger partial charge in [0.05, 0.1) is 5.09 Å². The molecule has 0 unspecified atom stereocenters. The van der Waals surface area contributed by atoms with Crippen LogP contribution in [0.5, 0.6) is 0 Å². The quantitative estimate of drug-likeness (QED) is 0.411. The van der Waals surface area contributed by atoms with Crippen LogP contribution in [0.1, 0.15) is 6.92 Å². The molecule has 0 atom stereocenters. The van der Waals surface area contributed by atoms with Crippen molar-refractivity contribution in [1.29, 1.82) is 0 Å². The van der Waals surface area contributed by atoms with Gasteiger partial charge in [0.15, 0.2) is 0 Å². The standard InChI is InChI=1S/C2H5O.Ce.NO3/c1-2-3;;2-1(3)4/h2H2,1H3;;/q-1;+2;-1. The smallest absolute Gasteiger partial charge is 0.855 e. The molecule has 0 spiro atoms. The van der Waals surface area contributed by atoms with Crippen LogP contribution in [0, 0.1) is 57.1 Å². The molecule has 46 valence electrons. The fraction of sp³-hybridized carbons (Fsp3) is 1.00. The van der Waals surface area contributed by atoms with Gasteiger partial charge < -0.3 is 20.4 Å². The second-order valence-corrected chi connectivity index (χ2v) is 0.512. The van der Waals surface area contributed by atoms with Gasteiger partial charge in [0, 0.05) is 0 Å². The van der Waals surface area contributed by atoms with E-state index in [9.17, 15) is 0 Å². The first-order valence-corrected chi connectivity index (χ1v) is 1.54. The van der Waals surface area contributed by atoms with Crippen LogP contribution >= 0.6 is 0 Å². The molecule has 8 heavy (non-hydrogen) atoms. The molecule has 0 amide bonds. The predicted molar refractivity (Wildman–Crippen MR) is 20.9 cm³/mol. The summed E-state index contributed by atoms with van der Waals surface area (Å²) in [6, 6.07) is 0. The molecule has 0 aliphatic heterocycles. The van der Waals surface area contributed by atoms with E-state index < -0.39 is 5.09 Å². The van der Waals surface area contributed by atoms with Crippen molar-refractivity contribution in [3.05, 3.63) is 15.3 Å². The average molecular weight is 247 g/mol. The van der Waals surface area contributed by atoms with Gasteiger partial charge in [-0.25, -0.2) is 0 Å². The van der Waals surface area contributed by atoms with E-state index in [-0.39, 0.29) is 48.4 Å². The molecule has 0 aliphatic carbocycles. The largest absolute Gasteiger partial charge is 2.00 e. The van der Waals surface area contributed by atoms with Crippen LogP contribution in [0.15, 0.2) is 0 Å². The molecule has 0 aromatic heterocycles. The summed E-state index contributed by atoms with van der Waals surface area (Å²) in [5.41, 5.74) is 0. The van der Waals surface area contributed by atoms with E-state index in [1.807, 2.05) is 0 Å². The maximum atomic E-state index is 8.93. The molecule has 0 radical (unpaired) electrons. The molecule has 0 saturated carbocycles. The van der Waals surface area contributed by atoms with Crippen molar-refractivity contribution in [2.24, 2.45) is 0 Å². The third kappa shape index (κ3) is 696. The van der Waals surface area contributed by atoms with Gasteiger partial charge in [0.2, 0.25) is 0 Å². The van der Waals surface area contributed by atoms with Crippen molar-refractivity contribution in [2.75, 3.05) is 6.61 Å². The van der Waals surface area contributed by atoms with Gasteiger partial charge in [-0.3, -0.25) is 0 Å². The van der Waals surface area contributed by atoms with Crippen molar-refractivity contribution in [3.63, 3.8) is 0 Å². The van der Waals surface area contributed by atoms with Gasteiger partial charge in [-0.2, -0.15) is 0 Å². The normalized spacial score (nSPS) is 5.25. The van der Waals surface area contributed by atoms with Crippen molar-refractivity contribution >= 4 is 0 Å². The Morgan fingerprint density at radius 2 is 1.50 bits per heavy atom. The summed E-state index contributed by atoms with van der Waals surface area (Å²) in [6.07, 6.45) is 0. The second kappa shape index (κ2) is 15.6. The van der Waals surface area contributed by atoms with Crippen LogP contribution in [-0.2, 0) is 0 Å². The van der Waals surface area contributed by atoms with E-state index in [0.717, 1.165) is 0 Å². The van der Waals surface area contributed by atoms with Crippen LogP contribution < -0.4 is 5.11 Å². The van der Waals surface area contributed by atoms with Gasteiger partial charge >= 0.3 is 41.7 Å². The molecule has 0 aromatic rings. The van der Waals surface area contributed by atoms with E-state index in [0.29, 0.717) is 0 Å². The van der Waals surface area contributed by atoms with E-state index in [2.05, 4.69) is 0 Å². The van der Waals surface area contributed by atoms with Crippen LogP contribution in [0.25, 0.3) is 0 Å². The SMILES string of the molecule is CC[O-].O=[N+]([O-])[O-].[Ce+2]. The predicted octanol–water partition coefficient (Wildman–Crippen LogP) is -0.872. The van der Waals surface area contributed by atoms with Crippen LogP contribution in [0.4, 0.5) is 0 Å². The van der Waals surface area contributed by atoms with Crippen molar-refractivity contribution in [2.45, 2.75) is 6.92 Å². The maximum absolute atomic E-state index is 8.93. The molecule has 0 N–H and O–H groups in total. The summed E-state index contributed by atoms with van der Waals surface area (Å²) in [5, 5.41) is 23.7. The summed E-state index contributed by atoms with van der Waals surface area (Å²) in [7, 11) is 0. The molecule has 0 fully saturated rings. The fourth-order valence-corrected chi connectivity index (χ4v) is 0. The summed E-state index contributed by atoms with van der Waals surface area (Å²) in [5.74, 6) is 0. The Balaban J connectivity index is -0.0000000575. The van der Waals surface area contributed by atoms with E-state index in [1.165, 1.54) is 0 Å². The molecule has 0 rings (SSSR count). The molecule has 0 saturated heterocycles. The first kappa shape index (κ1) is 15.8. The molecule has 0 aromatic carbocycles. The summed E-state index contributed by atoms with van der Waals surface area (Å²) >= 11 is 0. The topological polar surface area (TPSA) is 89.3 Å². The average Bonchev–Trinajstić information content (AvgIpc) is 1.33. The van der Waals surface area contributed by atoms with Gasteiger partial charge in [-0.15, -0.1) is 6.61 Å². The minimum atomic E-state index is -1.75. The maximum Gasteiger partial charge on any atom is 2.00 e. The van der Waals surface area contributed by atoms with E-state index in [1.54, 1.807) is 6.92 Å². The third-order valence-electron chi connectivity index (χ3n) is 0.